The third-order valence-electron chi connectivity index (χ3n) is 3.68. The zero-order valence-corrected chi connectivity index (χ0v) is 15.4. The van der Waals surface area contributed by atoms with Gasteiger partial charge in [0.2, 0.25) is 0 Å². The molecule has 0 spiro atoms. The molecule has 0 saturated carbocycles. The largest absolute Gasteiger partial charge is 0.457 e. The van der Waals surface area contributed by atoms with Crippen LogP contribution in [0.3, 0.4) is 0 Å². The van der Waals surface area contributed by atoms with Crippen LogP contribution >= 0.6 is 23.4 Å². The maximum atomic E-state index is 12.4. The molecule has 0 radical (unpaired) electrons. The van der Waals surface area contributed by atoms with Gasteiger partial charge in [-0.25, -0.2) is 0 Å². The van der Waals surface area contributed by atoms with Crippen LogP contribution in [0, 0.1) is 0 Å². The first-order valence-electron chi connectivity index (χ1n) is 7.70. The van der Waals surface area contributed by atoms with Gasteiger partial charge < -0.3 is 9.32 Å². The quantitative estimate of drug-likeness (QED) is 0.732. The molecule has 25 heavy (non-hydrogen) atoms. The Morgan fingerprint density at radius 3 is 2.68 bits per heavy atom. The van der Waals surface area contributed by atoms with E-state index in [1.165, 1.54) is 4.90 Å². The lowest BCUT2D eigenvalue weighted by Gasteiger charge is -2.15. The fourth-order valence-corrected chi connectivity index (χ4v) is 3.43. The summed E-state index contributed by atoms with van der Waals surface area (Å²) in [5, 5.41) is 0.336. The molecule has 2 amide bonds. The van der Waals surface area contributed by atoms with Crippen LogP contribution in [-0.4, -0.2) is 48.1 Å². The van der Waals surface area contributed by atoms with Crippen molar-refractivity contribution in [3.05, 3.63) is 52.1 Å². The molecule has 0 atom stereocenters. The monoisotopic (exact) mass is 376 g/mol. The van der Waals surface area contributed by atoms with E-state index >= 15 is 0 Å². The van der Waals surface area contributed by atoms with Crippen molar-refractivity contribution < 1.29 is 14.0 Å². The summed E-state index contributed by atoms with van der Waals surface area (Å²) in [7, 11) is 3.79. The van der Waals surface area contributed by atoms with Crippen LogP contribution in [0.4, 0.5) is 4.79 Å². The van der Waals surface area contributed by atoms with Crippen LogP contribution in [0.5, 0.6) is 0 Å². The average molecular weight is 377 g/mol. The smallest absolute Gasteiger partial charge is 0.293 e. The van der Waals surface area contributed by atoms with Gasteiger partial charge in [0.25, 0.3) is 11.1 Å². The highest BCUT2D eigenvalue weighted by Crippen LogP contribution is 2.34. The molecule has 1 aromatic heterocycles. The van der Waals surface area contributed by atoms with Gasteiger partial charge in [0.15, 0.2) is 0 Å². The number of halogens is 1. The van der Waals surface area contributed by atoms with Crippen molar-refractivity contribution >= 4 is 40.6 Å². The summed E-state index contributed by atoms with van der Waals surface area (Å²) >= 11 is 7.10. The molecule has 2 aromatic rings. The molecule has 1 aliphatic rings. The van der Waals surface area contributed by atoms with Crippen LogP contribution in [0.15, 0.2) is 45.7 Å². The number of amides is 2. The van der Waals surface area contributed by atoms with Crippen molar-refractivity contribution in [3.63, 3.8) is 0 Å². The number of nitrogens with zero attached hydrogens (tertiary/aromatic N) is 2. The predicted molar refractivity (Wildman–Crippen MR) is 100 cm³/mol. The van der Waals surface area contributed by atoms with E-state index in [9.17, 15) is 9.59 Å². The number of carbonyl (C=O) groups excluding carboxylic acids is 2. The topological polar surface area (TPSA) is 53.8 Å². The molecule has 1 aromatic carbocycles. The molecular weight excluding hydrogens is 360 g/mol. The number of hydrogen-bond acceptors (Lipinski definition) is 5. The van der Waals surface area contributed by atoms with Crippen LogP contribution < -0.4 is 0 Å². The Bertz CT molecular complexity index is 844. The van der Waals surface area contributed by atoms with E-state index in [4.69, 9.17) is 16.0 Å². The van der Waals surface area contributed by atoms with Crippen LogP contribution in [-0.2, 0) is 4.79 Å². The van der Waals surface area contributed by atoms with Gasteiger partial charge in [-0.05, 0) is 50.1 Å². The van der Waals surface area contributed by atoms with E-state index in [1.807, 2.05) is 37.2 Å². The highest BCUT2D eigenvalue weighted by Gasteiger charge is 2.34. The van der Waals surface area contributed by atoms with E-state index < -0.39 is 0 Å². The van der Waals surface area contributed by atoms with Crippen molar-refractivity contribution in [2.75, 3.05) is 27.2 Å². The van der Waals surface area contributed by atoms with Crippen molar-refractivity contribution in [3.8, 4) is 11.3 Å². The molecule has 0 N–H and O–H groups in total. The summed E-state index contributed by atoms with van der Waals surface area (Å²) in [4.78, 5) is 28.0. The number of benzene rings is 1. The SMILES string of the molecule is CN(C)CCN1C(=O)SC(=Cc2ccc(-c3ccccc3Cl)o2)C1=O. The maximum Gasteiger partial charge on any atom is 0.293 e. The second-order valence-corrected chi connectivity index (χ2v) is 7.22. The van der Waals surface area contributed by atoms with Crippen molar-refractivity contribution in [2.24, 2.45) is 0 Å². The molecule has 1 saturated heterocycles. The van der Waals surface area contributed by atoms with E-state index in [2.05, 4.69) is 0 Å². The summed E-state index contributed by atoms with van der Waals surface area (Å²) in [5.41, 5.74) is 0.780. The number of imide groups is 1. The zero-order chi connectivity index (χ0) is 18.0. The molecule has 5 nitrogen and oxygen atoms in total. The van der Waals surface area contributed by atoms with Crippen molar-refractivity contribution in [2.45, 2.75) is 0 Å². The molecule has 3 rings (SSSR count). The van der Waals surface area contributed by atoms with E-state index in [1.54, 1.807) is 24.3 Å². The second-order valence-electron chi connectivity index (χ2n) is 5.82. The molecule has 130 valence electrons. The van der Waals surface area contributed by atoms with Gasteiger partial charge in [-0.1, -0.05) is 23.7 Å². The third-order valence-corrected chi connectivity index (χ3v) is 4.92. The minimum absolute atomic E-state index is 0.254. The number of rotatable bonds is 5. The van der Waals surface area contributed by atoms with Gasteiger partial charge in [0.1, 0.15) is 11.5 Å². The Balaban J connectivity index is 1.79. The zero-order valence-electron chi connectivity index (χ0n) is 13.9. The number of likely N-dealkylation sites (N-methyl/N-ethyl adjacent to an activating group) is 1. The standard InChI is InChI=1S/C18H17ClN2O3S/c1-20(2)9-10-21-17(22)16(25-18(21)23)11-12-7-8-15(24-12)13-5-3-4-6-14(13)19/h3-8,11H,9-10H2,1-2H3. The summed E-state index contributed by atoms with van der Waals surface area (Å²) < 4.78 is 5.77. The molecule has 1 aliphatic heterocycles. The van der Waals surface area contributed by atoms with Gasteiger partial charge in [-0.15, -0.1) is 0 Å². The molecular formula is C18H17ClN2O3S. The molecule has 7 heteroatoms. The summed E-state index contributed by atoms with van der Waals surface area (Å²) in [6.45, 7) is 1.00. The minimum atomic E-state index is -0.285. The Morgan fingerprint density at radius 1 is 1.20 bits per heavy atom. The average Bonchev–Trinajstić information content (AvgIpc) is 3.12. The van der Waals surface area contributed by atoms with Gasteiger partial charge in [0.05, 0.1) is 9.93 Å². The molecule has 0 aliphatic carbocycles. The van der Waals surface area contributed by atoms with Gasteiger partial charge >= 0.3 is 0 Å². The Labute approximate surface area is 155 Å². The lowest BCUT2D eigenvalue weighted by atomic mass is 10.2. The Kier molecular flexibility index (Phi) is 5.32. The van der Waals surface area contributed by atoms with E-state index in [0.717, 1.165) is 17.3 Å². The molecule has 1 fully saturated rings. The number of thioether (sulfide) groups is 1. The highest BCUT2D eigenvalue weighted by atomic mass is 35.5. The first kappa shape index (κ1) is 17.8. The minimum Gasteiger partial charge on any atom is -0.457 e. The van der Waals surface area contributed by atoms with E-state index in [0.29, 0.717) is 34.5 Å². The fraction of sp³-hybridized carbons (Fsp3) is 0.222. The molecule has 2 heterocycles. The first-order valence-corrected chi connectivity index (χ1v) is 8.90. The number of hydrogen-bond donors (Lipinski definition) is 0. The highest BCUT2D eigenvalue weighted by molar-refractivity contribution is 8.18. The summed E-state index contributed by atoms with van der Waals surface area (Å²) in [6.07, 6.45) is 1.60. The van der Waals surface area contributed by atoms with Gasteiger partial charge in [-0.2, -0.15) is 0 Å². The normalized spacial score (nSPS) is 16.5. The van der Waals surface area contributed by atoms with Gasteiger partial charge in [-0.3, -0.25) is 14.5 Å². The van der Waals surface area contributed by atoms with Crippen LogP contribution in [0.1, 0.15) is 5.76 Å². The van der Waals surface area contributed by atoms with Crippen LogP contribution in [0.2, 0.25) is 5.02 Å². The second kappa shape index (κ2) is 7.47. The first-order chi connectivity index (χ1) is 12.0. The molecule has 0 unspecified atom stereocenters. The van der Waals surface area contributed by atoms with Crippen molar-refractivity contribution in [1.82, 2.24) is 9.80 Å². The van der Waals surface area contributed by atoms with Gasteiger partial charge in [0, 0.05) is 24.7 Å². The predicted octanol–water partition coefficient (Wildman–Crippen LogP) is 4.20. The lowest BCUT2D eigenvalue weighted by Crippen LogP contribution is -2.34. The Morgan fingerprint density at radius 2 is 1.96 bits per heavy atom. The molecule has 0 bridgehead atoms. The fourth-order valence-electron chi connectivity index (χ4n) is 2.36. The Hall–Kier alpha value is -2.02. The summed E-state index contributed by atoms with van der Waals surface area (Å²) in [5.74, 6) is 0.837. The number of furan rings is 1. The number of carbonyl (C=O) groups is 2. The van der Waals surface area contributed by atoms with Crippen molar-refractivity contribution in [1.29, 1.82) is 0 Å². The maximum absolute atomic E-state index is 12.4. The van der Waals surface area contributed by atoms with E-state index in [-0.39, 0.29) is 11.1 Å². The summed E-state index contributed by atoms with van der Waals surface area (Å²) in [6, 6.07) is 10.9. The lowest BCUT2D eigenvalue weighted by molar-refractivity contribution is -0.122. The third kappa shape index (κ3) is 3.98. The van der Waals surface area contributed by atoms with Crippen LogP contribution in [0.25, 0.3) is 17.4 Å².